The lowest BCUT2D eigenvalue weighted by molar-refractivity contribution is 0.0950. The molecule has 1 amide bonds. The molecule has 0 spiro atoms. The molecular formula is C12H12BrN3OS. The van der Waals surface area contributed by atoms with Gasteiger partial charge in [0.05, 0.1) is 23.5 Å². The highest BCUT2D eigenvalue weighted by Crippen LogP contribution is 2.19. The Labute approximate surface area is 118 Å². The zero-order valence-corrected chi connectivity index (χ0v) is 12.4. The lowest BCUT2D eigenvalue weighted by Crippen LogP contribution is -2.23. The van der Waals surface area contributed by atoms with Gasteiger partial charge in [-0.15, -0.1) is 11.3 Å². The van der Waals surface area contributed by atoms with Gasteiger partial charge in [-0.2, -0.15) is 10.2 Å². The van der Waals surface area contributed by atoms with Crippen LogP contribution in [0.1, 0.15) is 26.6 Å². The van der Waals surface area contributed by atoms with E-state index in [1.807, 2.05) is 18.4 Å². The summed E-state index contributed by atoms with van der Waals surface area (Å²) in [5.41, 5.74) is 1.97. The number of carbonyl (C=O) groups excluding carboxylic acids is 1. The highest BCUT2D eigenvalue weighted by atomic mass is 79.9. The van der Waals surface area contributed by atoms with Crippen molar-refractivity contribution in [2.45, 2.75) is 20.4 Å². The molecule has 0 aliphatic rings. The van der Waals surface area contributed by atoms with Crippen LogP contribution in [0.15, 0.2) is 22.0 Å². The van der Waals surface area contributed by atoms with Crippen molar-refractivity contribution in [1.29, 1.82) is 0 Å². The van der Waals surface area contributed by atoms with E-state index in [1.165, 1.54) is 0 Å². The van der Waals surface area contributed by atoms with Crippen LogP contribution in [-0.4, -0.2) is 16.1 Å². The molecule has 2 rings (SSSR count). The molecule has 2 aromatic heterocycles. The molecule has 0 radical (unpaired) electrons. The Kier molecular flexibility index (Phi) is 4.08. The minimum atomic E-state index is -0.116. The van der Waals surface area contributed by atoms with Gasteiger partial charge in [0.1, 0.15) is 0 Å². The molecule has 0 fully saturated rings. The lowest BCUT2D eigenvalue weighted by atomic mass is 10.2. The van der Waals surface area contributed by atoms with E-state index in [4.69, 9.17) is 0 Å². The van der Waals surface area contributed by atoms with Crippen molar-refractivity contribution in [1.82, 2.24) is 15.5 Å². The summed E-state index contributed by atoms with van der Waals surface area (Å²) in [6, 6.07) is 3.75. The number of aryl methyl sites for hydroxylation is 2. The molecule has 0 unspecified atom stereocenters. The summed E-state index contributed by atoms with van der Waals surface area (Å²) in [6.07, 6.45) is 0. The topological polar surface area (TPSA) is 54.9 Å². The van der Waals surface area contributed by atoms with Crippen LogP contribution in [0, 0.1) is 13.8 Å². The summed E-state index contributed by atoms with van der Waals surface area (Å²) < 4.78 is 1.04. The third-order valence-corrected chi connectivity index (χ3v) is 4.09. The average Bonchev–Trinajstić information content (AvgIpc) is 2.75. The number of aromatic nitrogens is 2. The summed E-state index contributed by atoms with van der Waals surface area (Å²) in [7, 11) is 0. The second-order valence-corrected chi connectivity index (χ2v) is 5.81. The fraction of sp³-hybridized carbons (Fsp3) is 0.250. The summed E-state index contributed by atoms with van der Waals surface area (Å²) in [4.78, 5) is 13.1. The first kappa shape index (κ1) is 13.2. The minimum Gasteiger partial charge on any atom is -0.347 e. The van der Waals surface area contributed by atoms with Crippen LogP contribution in [0.3, 0.4) is 0 Å². The van der Waals surface area contributed by atoms with Crippen LogP contribution >= 0.6 is 27.3 Å². The molecule has 0 atom stereocenters. The number of hydrogen-bond acceptors (Lipinski definition) is 4. The molecule has 18 heavy (non-hydrogen) atoms. The summed E-state index contributed by atoms with van der Waals surface area (Å²) >= 11 is 4.99. The number of thiophene rings is 1. The van der Waals surface area contributed by atoms with Crippen LogP contribution in [0.5, 0.6) is 0 Å². The van der Waals surface area contributed by atoms with Gasteiger partial charge in [-0.05, 0) is 41.9 Å². The van der Waals surface area contributed by atoms with E-state index in [-0.39, 0.29) is 5.91 Å². The van der Waals surface area contributed by atoms with Gasteiger partial charge in [-0.25, -0.2) is 0 Å². The standard InChI is InChI=1S/C12H12BrN3OS/c1-7-3-11(8(2)16-15-7)12(17)14-5-10-4-9(13)6-18-10/h3-4,6H,5H2,1-2H3,(H,14,17). The van der Waals surface area contributed by atoms with E-state index >= 15 is 0 Å². The molecule has 2 heterocycles. The Hall–Kier alpha value is -1.27. The second-order valence-electron chi connectivity index (χ2n) is 3.90. The zero-order valence-electron chi connectivity index (χ0n) is 10.0. The number of hydrogen-bond donors (Lipinski definition) is 1. The first-order chi connectivity index (χ1) is 8.56. The highest BCUT2D eigenvalue weighted by Gasteiger charge is 2.11. The predicted molar refractivity (Wildman–Crippen MR) is 74.7 cm³/mol. The van der Waals surface area contributed by atoms with Crippen molar-refractivity contribution in [3.63, 3.8) is 0 Å². The molecule has 6 heteroatoms. The van der Waals surface area contributed by atoms with Crippen molar-refractivity contribution in [3.05, 3.63) is 43.8 Å². The Bertz CT molecular complexity index is 582. The lowest BCUT2D eigenvalue weighted by Gasteiger charge is -2.06. The number of nitrogens with one attached hydrogen (secondary N) is 1. The third-order valence-electron chi connectivity index (χ3n) is 2.39. The Morgan fingerprint density at radius 1 is 1.39 bits per heavy atom. The van der Waals surface area contributed by atoms with Crippen LogP contribution in [0.2, 0.25) is 0 Å². The van der Waals surface area contributed by atoms with Crippen molar-refractivity contribution < 1.29 is 4.79 Å². The van der Waals surface area contributed by atoms with Crippen molar-refractivity contribution in [2.75, 3.05) is 0 Å². The minimum absolute atomic E-state index is 0.116. The fourth-order valence-corrected chi connectivity index (χ4v) is 2.88. The van der Waals surface area contributed by atoms with E-state index in [2.05, 4.69) is 31.4 Å². The zero-order chi connectivity index (χ0) is 13.1. The van der Waals surface area contributed by atoms with Crippen molar-refractivity contribution in [2.24, 2.45) is 0 Å². The molecule has 1 N–H and O–H groups in total. The van der Waals surface area contributed by atoms with E-state index < -0.39 is 0 Å². The molecule has 0 saturated carbocycles. The molecule has 0 aliphatic carbocycles. The third kappa shape index (κ3) is 3.14. The van der Waals surface area contributed by atoms with Gasteiger partial charge in [0.2, 0.25) is 0 Å². The van der Waals surface area contributed by atoms with Gasteiger partial charge < -0.3 is 5.32 Å². The highest BCUT2D eigenvalue weighted by molar-refractivity contribution is 9.10. The number of amides is 1. The first-order valence-electron chi connectivity index (χ1n) is 5.38. The van der Waals surface area contributed by atoms with Gasteiger partial charge in [-0.1, -0.05) is 0 Å². The maximum absolute atomic E-state index is 12.0. The molecule has 0 aromatic carbocycles. The smallest absolute Gasteiger partial charge is 0.253 e. The number of carbonyl (C=O) groups is 1. The molecule has 0 aliphatic heterocycles. The van der Waals surface area contributed by atoms with Crippen LogP contribution in [0.25, 0.3) is 0 Å². The number of halogens is 1. The molecule has 0 saturated heterocycles. The summed E-state index contributed by atoms with van der Waals surface area (Å²) in [5, 5.41) is 12.7. The Balaban J connectivity index is 2.05. The van der Waals surface area contributed by atoms with Gasteiger partial charge in [-0.3, -0.25) is 4.79 Å². The number of rotatable bonds is 3. The SMILES string of the molecule is Cc1cc(C(=O)NCc2cc(Br)cs2)c(C)nn1. The van der Waals surface area contributed by atoms with Gasteiger partial charge in [0.15, 0.2) is 0 Å². The first-order valence-corrected chi connectivity index (χ1v) is 7.05. The summed E-state index contributed by atoms with van der Waals surface area (Å²) in [5.74, 6) is -0.116. The van der Waals surface area contributed by atoms with Crippen LogP contribution in [-0.2, 0) is 6.54 Å². The predicted octanol–water partition coefficient (Wildman–Crippen LogP) is 2.85. The Morgan fingerprint density at radius 2 is 2.17 bits per heavy atom. The van der Waals surface area contributed by atoms with E-state index in [0.717, 1.165) is 15.0 Å². The van der Waals surface area contributed by atoms with Gasteiger partial charge in [0.25, 0.3) is 5.91 Å². The van der Waals surface area contributed by atoms with Crippen LogP contribution in [0.4, 0.5) is 0 Å². The van der Waals surface area contributed by atoms with Crippen molar-refractivity contribution in [3.8, 4) is 0 Å². The fourth-order valence-electron chi connectivity index (χ4n) is 1.49. The maximum atomic E-state index is 12.0. The molecule has 0 bridgehead atoms. The van der Waals surface area contributed by atoms with E-state index in [1.54, 1.807) is 24.3 Å². The molecule has 2 aromatic rings. The molecular weight excluding hydrogens is 314 g/mol. The average molecular weight is 326 g/mol. The maximum Gasteiger partial charge on any atom is 0.253 e. The second kappa shape index (κ2) is 5.58. The largest absolute Gasteiger partial charge is 0.347 e. The summed E-state index contributed by atoms with van der Waals surface area (Å²) in [6.45, 7) is 4.12. The molecule has 94 valence electrons. The van der Waals surface area contributed by atoms with Gasteiger partial charge >= 0.3 is 0 Å². The number of nitrogens with zero attached hydrogens (tertiary/aromatic N) is 2. The molecule has 4 nitrogen and oxygen atoms in total. The quantitative estimate of drug-likeness (QED) is 0.944. The normalized spacial score (nSPS) is 10.4. The van der Waals surface area contributed by atoms with Crippen molar-refractivity contribution >= 4 is 33.2 Å². The van der Waals surface area contributed by atoms with E-state index in [9.17, 15) is 4.79 Å². The van der Waals surface area contributed by atoms with E-state index in [0.29, 0.717) is 17.8 Å². The monoisotopic (exact) mass is 325 g/mol. The van der Waals surface area contributed by atoms with Gasteiger partial charge in [0, 0.05) is 14.7 Å². The van der Waals surface area contributed by atoms with Crippen LogP contribution < -0.4 is 5.32 Å². The Morgan fingerprint density at radius 3 is 2.83 bits per heavy atom.